The van der Waals surface area contributed by atoms with Gasteiger partial charge in [-0.15, -0.1) is 0 Å². The fourth-order valence-electron chi connectivity index (χ4n) is 2.65. The van der Waals surface area contributed by atoms with Crippen molar-refractivity contribution < 1.29 is 19.8 Å². The number of hydrogen-bond acceptors (Lipinski definition) is 4. The maximum Gasteiger partial charge on any atom is 0.261 e. The lowest BCUT2D eigenvalue weighted by atomic mass is 9.94. The Morgan fingerprint density at radius 2 is 1.57 bits per heavy atom. The molecule has 21 heavy (non-hydrogen) atoms. The van der Waals surface area contributed by atoms with Crippen molar-refractivity contribution >= 4 is 22.6 Å². The minimum absolute atomic E-state index is 0.0874. The Bertz CT molecular complexity index is 675. The summed E-state index contributed by atoms with van der Waals surface area (Å²) in [5, 5.41) is 19.8. The lowest BCUT2D eigenvalue weighted by Crippen LogP contribution is -2.42. The van der Waals surface area contributed by atoms with Gasteiger partial charge in [0, 0.05) is 23.1 Å². The number of rotatable bonds is 4. The van der Waals surface area contributed by atoms with Gasteiger partial charge in [-0.05, 0) is 23.9 Å². The second-order valence-electron chi connectivity index (χ2n) is 5.10. The van der Waals surface area contributed by atoms with Gasteiger partial charge < -0.3 is 10.2 Å². The average Bonchev–Trinajstić information content (AvgIpc) is 2.52. The van der Waals surface area contributed by atoms with Gasteiger partial charge in [0.05, 0.1) is 12.7 Å². The van der Waals surface area contributed by atoms with Crippen LogP contribution >= 0.6 is 0 Å². The molecule has 0 fully saturated rings. The first-order valence-electron chi connectivity index (χ1n) is 6.80. The van der Waals surface area contributed by atoms with E-state index in [0.29, 0.717) is 16.5 Å². The van der Waals surface area contributed by atoms with E-state index < -0.39 is 6.10 Å². The van der Waals surface area contributed by atoms with Crippen LogP contribution in [0.3, 0.4) is 0 Å². The minimum Gasteiger partial charge on any atom is -0.394 e. The number of amides is 2. The predicted octanol–water partition coefficient (Wildman–Crippen LogP) is 1.18. The second kappa shape index (κ2) is 5.27. The molecule has 108 valence electrons. The number of aliphatic hydroxyl groups excluding tert-OH is 2. The molecular weight excluding hydrogens is 270 g/mol. The fourth-order valence-corrected chi connectivity index (χ4v) is 2.65. The van der Waals surface area contributed by atoms with E-state index in [0.717, 1.165) is 10.3 Å². The maximum atomic E-state index is 12.5. The summed E-state index contributed by atoms with van der Waals surface area (Å²) in [4.78, 5) is 26.1. The summed E-state index contributed by atoms with van der Waals surface area (Å²) >= 11 is 0. The number of aliphatic hydroxyl groups is 2. The lowest BCUT2D eigenvalue weighted by Gasteiger charge is -2.27. The number of carbonyl (C=O) groups is 2. The van der Waals surface area contributed by atoms with Crippen LogP contribution in [0.25, 0.3) is 10.8 Å². The Kier molecular flexibility index (Phi) is 3.45. The van der Waals surface area contributed by atoms with Gasteiger partial charge in [0.25, 0.3) is 11.8 Å². The second-order valence-corrected chi connectivity index (χ2v) is 5.10. The summed E-state index contributed by atoms with van der Waals surface area (Å²) in [6.07, 6.45) is -0.773. The van der Waals surface area contributed by atoms with Gasteiger partial charge in [0.2, 0.25) is 0 Å². The minimum atomic E-state index is -0.932. The van der Waals surface area contributed by atoms with E-state index in [-0.39, 0.29) is 31.4 Å². The van der Waals surface area contributed by atoms with Crippen LogP contribution in [-0.2, 0) is 0 Å². The smallest absolute Gasteiger partial charge is 0.261 e. The zero-order valence-corrected chi connectivity index (χ0v) is 11.3. The van der Waals surface area contributed by atoms with E-state index in [4.69, 9.17) is 5.11 Å². The Balaban J connectivity index is 2.03. The van der Waals surface area contributed by atoms with Crippen molar-refractivity contribution in [3.05, 3.63) is 47.5 Å². The Labute approximate surface area is 121 Å². The lowest BCUT2D eigenvalue weighted by molar-refractivity contribution is 0.0523. The third kappa shape index (κ3) is 2.20. The van der Waals surface area contributed by atoms with Crippen molar-refractivity contribution in [1.29, 1.82) is 0 Å². The third-order valence-corrected chi connectivity index (χ3v) is 3.75. The number of carbonyl (C=O) groups excluding carboxylic acids is 2. The van der Waals surface area contributed by atoms with Gasteiger partial charge in [-0.2, -0.15) is 0 Å². The molecule has 2 N–H and O–H groups in total. The predicted molar refractivity (Wildman–Crippen MR) is 77.0 cm³/mol. The standard InChI is InChI=1S/C16H15NO4/c18-9-11(19)7-8-17-15(20)12-5-1-3-10-4-2-6-13(14(10)12)16(17)21/h1-6,11,18-19H,7-9H2/t11-/m0/s1. The highest BCUT2D eigenvalue weighted by Gasteiger charge is 2.32. The molecule has 0 spiro atoms. The van der Waals surface area contributed by atoms with Crippen LogP contribution in [0.5, 0.6) is 0 Å². The van der Waals surface area contributed by atoms with Crippen LogP contribution in [0.2, 0.25) is 0 Å². The van der Waals surface area contributed by atoms with Gasteiger partial charge in [0.1, 0.15) is 0 Å². The number of hydrogen-bond donors (Lipinski definition) is 2. The van der Waals surface area contributed by atoms with Gasteiger partial charge in [-0.25, -0.2) is 0 Å². The molecule has 5 nitrogen and oxygen atoms in total. The normalized spacial score (nSPS) is 15.6. The SMILES string of the molecule is O=C1c2cccc3cccc(c23)C(=O)N1CC[C@H](O)CO. The van der Waals surface area contributed by atoms with Crippen molar-refractivity contribution in [1.82, 2.24) is 4.90 Å². The van der Waals surface area contributed by atoms with Crippen LogP contribution in [-0.4, -0.2) is 46.2 Å². The van der Waals surface area contributed by atoms with Crippen LogP contribution in [0.1, 0.15) is 27.1 Å². The summed E-state index contributed by atoms with van der Waals surface area (Å²) in [7, 11) is 0. The quantitative estimate of drug-likeness (QED) is 0.827. The van der Waals surface area contributed by atoms with Crippen LogP contribution in [0, 0.1) is 0 Å². The molecule has 0 saturated carbocycles. The van der Waals surface area contributed by atoms with Crippen molar-refractivity contribution in [3.8, 4) is 0 Å². The molecule has 0 radical (unpaired) electrons. The number of imide groups is 1. The van der Waals surface area contributed by atoms with E-state index >= 15 is 0 Å². The van der Waals surface area contributed by atoms with Crippen LogP contribution < -0.4 is 0 Å². The third-order valence-electron chi connectivity index (χ3n) is 3.75. The Morgan fingerprint density at radius 1 is 1.00 bits per heavy atom. The van der Waals surface area contributed by atoms with E-state index in [9.17, 15) is 14.7 Å². The largest absolute Gasteiger partial charge is 0.394 e. The Hall–Kier alpha value is -2.24. The first-order chi connectivity index (χ1) is 10.1. The molecule has 0 saturated heterocycles. The highest BCUT2D eigenvalue weighted by molar-refractivity contribution is 6.25. The molecule has 1 aliphatic heterocycles. The highest BCUT2D eigenvalue weighted by atomic mass is 16.3. The van der Waals surface area contributed by atoms with Gasteiger partial charge in [-0.3, -0.25) is 14.5 Å². The molecule has 1 atom stereocenters. The molecule has 0 unspecified atom stereocenters. The first-order valence-corrected chi connectivity index (χ1v) is 6.80. The molecule has 2 aromatic rings. The molecule has 3 rings (SSSR count). The fraction of sp³-hybridized carbons (Fsp3) is 0.250. The molecule has 0 bridgehead atoms. The summed E-state index contributed by atoms with van der Waals surface area (Å²) in [6.45, 7) is -0.299. The molecule has 0 aromatic heterocycles. The monoisotopic (exact) mass is 285 g/mol. The average molecular weight is 285 g/mol. The maximum absolute atomic E-state index is 12.5. The van der Waals surface area contributed by atoms with Crippen LogP contribution in [0.15, 0.2) is 36.4 Å². The molecule has 0 aliphatic carbocycles. The van der Waals surface area contributed by atoms with Crippen molar-refractivity contribution in [3.63, 3.8) is 0 Å². The van der Waals surface area contributed by atoms with Crippen molar-refractivity contribution in [2.75, 3.05) is 13.2 Å². The van der Waals surface area contributed by atoms with Gasteiger partial charge >= 0.3 is 0 Å². The van der Waals surface area contributed by atoms with Crippen molar-refractivity contribution in [2.45, 2.75) is 12.5 Å². The Morgan fingerprint density at radius 3 is 2.10 bits per heavy atom. The summed E-state index contributed by atoms with van der Waals surface area (Å²) < 4.78 is 0. The van der Waals surface area contributed by atoms with Gasteiger partial charge in [0.15, 0.2) is 0 Å². The molecule has 1 heterocycles. The van der Waals surface area contributed by atoms with E-state index in [1.54, 1.807) is 24.3 Å². The van der Waals surface area contributed by atoms with Crippen LogP contribution in [0.4, 0.5) is 0 Å². The van der Waals surface area contributed by atoms with E-state index in [2.05, 4.69) is 0 Å². The molecule has 2 aromatic carbocycles. The summed E-state index contributed by atoms with van der Waals surface area (Å²) in [5.41, 5.74) is 1.00. The first kappa shape index (κ1) is 13.7. The number of benzene rings is 2. The van der Waals surface area contributed by atoms with E-state index in [1.807, 2.05) is 12.1 Å². The molecule has 5 heteroatoms. The zero-order valence-electron chi connectivity index (χ0n) is 11.3. The summed E-state index contributed by atoms with van der Waals surface area (Å²) in [6, 6.07) is 10.7. The van der Waals surface area contributed by atoms with Crippen molar-refractivity contribution in [2.24, 2.45) is 0 Å². The van der Waals surface area contributed by atoms with E-state index in [1.165, 1.54) is 0 Å². The number of nitrogens with zero attached hydrogens (tertiary/aromatic N) is 1. The summed E-state index contributed by atoms with van der Waals surface area (Å²) in [5.74, 6) is -0.705. The molecule has 1 aliphatic rings. The zero-order chi connectivity index (χ0) is 15.0. The van der Waals surface area contributed by atoms with Gasteiger partial charge in [-0.1, -0.05) is 24.3 Å². The topological polar surface area (TPSA) is 77.8 Å². The highest BCUT2D eigenvalue weighted by Crippen LogP contribution is 2.29. The molecular formula is C16H15NO4. The molecule has 2 amide bonds.